The monoisotopic (exact) mass is 284 g/mol. The summed E-state index contributed by atoms with van der Waals surface area (Å²) in [5, 5.41) is 2.62. The molecule has 1 aromatic carbocycles. The van der Waals surface area contributed by atoms with E-state index in [0.717, 1.165) is 17.7 Å². The summed E-state index contributed by atoms with van der Waals surface area (Å²) in [6.45, 7) is 2.02. The average molecular weight is 284 g/mol. The van der Waals surface area contributed by atoms with Crippen molar-refractivity contribution in [3.63, 3.8) is 0 Å². The molecule has 0 aliphatic heterocycles. The number of hydrogen-bond donors (Lipinski definition) is 1. The van der Waals surface area contributed by atoms with E-state index in [1.807, 2.05) is 13.0 Å². The van der Waals surface area contributed by atoms with Crippen LogP contribution >= 0.6 is 0 Å². The number of aromatic nitrogens is 1. The molecule has 1 heterocycles. The second-order valence-electron chi connectivity index (χ2n) is 4.37. The van der Waals surface area contributed by atoms with Crippen molar-refractivity contribution in [1.82, 2.24) is 4.98 Å². The molecule has 1 aromatic heterocycles. The van der Waals surface area contributed by atoms with Crippen molar-refractivity contribution in [1.29, 1.82) is 0 Å². The predicted molar refractivity (Wildman–Crippen MR) is 67.7 cm³/mol. The minimum Gasteiger partial charge on any atom is -0.377 e. The summed E-state index contributed by atoms with van der Waals surface area (Å²) in [6.07, 6.45) is -2.86. The van der Waals surface area contributed by atoms with Crippen LogP contribution in [-0.2, 0) is 12.7 Å². The Bertz CT molecular complexity index is 591. The number of rotatable bonds is 3. The summed E-state index contributed by atoms with van der Waals surface area (Å²) in [7, 11) is 0. The maximum Gasteiger partial charge on any atom is 0.416 e. The van der Waals surface area contributed by atoms with Gasteiger partial charge in [-0.2, -0.15) is 13.2 Å². The Morgan fingerprint density at radius 3 is 2.50 bits per heavy atom. The number of anilines is 1. The van der Waals surface area contributed by atoms with Crippen molar-refractivity contribution < 1.29 is 17.6 Å². The molecule has 0 aliphatic rings. The van der Waals surface area contributed by atoms with Gasteiger partial charge in [-0.25, -0.2) is 4.39 Å². The van der Waals surface area contributed by atoms with Gasteiger partial charge in [0.25, 0.3) is 0 Å². The lowest BCUT2D eigenvalue weighted by molar-refractivity contribution is -0.137. The van der Waals surface area contributed by atoms with Crippen LogP contribution in [0, 0.1) is 12.7 Å². The van der Waals surface area contributed by atoms with Crippen LogP contribution in [0.3, 0.4) is 0 Å². The Balaban J connectivity index is 2.14. The summed E-state index contributed by atoms with van der Waals surface area (Å²) >= 11 is 0. The van der Waals surface area contributed by atoms with Crippen molar-refractivity contribution in [2.45, 2.75) is 19.6 Å². The van der Waals surface area contributed by atoms with Crippen molar-refractivity contribution in [3.8, 4) is 0 Å². The fraction of sp³-hybridized carbons (Fsp3) is 0.214. The molecule has 0 unspecified atom stereocenters. The van der Waals surface area contributed by atoms with E-state index in [2.05, 4.69) is 10.3 Å². The molecule has 0 bridgehead atoms. The van der Waals surface area contributed by atoms with Gasteiger partial charge in [0, 0.05) is 6.20 Å². The highest BCUT2D eigenvalue weighted by molar-refractivity contribution is 5.48. The Morgan fingerprint density at radius 1 is 1.15 bits per heavy atom. The van der Waals surface area contributed by atoms with Gasteiger partial charge in [0.2, 0.25) is 0 Å². The highest BCUT2D eigenvalue weighted by Gasteiger charge is 2.31. The van der Waals surface area contributed by atoms with Gasteiger partial charge in [-0.3, -0.25) is 4.98 Å². The Morgan fingerprint density at radius 2 is 1.90 bits per heavy atom. The lowest BCUT2D eigenvalue weighted by atomic mass is 10.2. The van der Waals surface area contributed by atoms with E-state index in [-0.39, 0.29) is 12.2 Å². The van der Waals surface area contributed by atoms with E-state index >= 15 is 0 Å². The van der Waals surface area contributed by atoms with Crippen LogP contribution in [0.15, 0.2) is 36.5 Å². The summed E-state index contributed by atoms with van der Waals surface area (Å²) in [5.41, 5.74) is 0.506. The third kappa shape index (κ3) is 3.46. The largest absolute Gasteiger partial charge is 0.416 e. The fourth-order valence-corrected chi connectivity index (χ4v) is 1.63. The van der Waals surface area contributed by atoms with Crippen LogP contribution in [-0.4, -0.2) is 4.98 Å². The number of benzene rings is 1. The normalized spacial score (nSPS) is 11.4. The number of halogens is 4. The van der Waals surface area contributed by atoms with Gasteiger partial charge in [-0.15, -0.1) is 0 Å². The van der Waals surface area contributed by atoms with E-state index in [0.29, 0.717) is 11.8 Å². The molecule has 0 aliphatic carbocycles. The molecule has 2 aromatic rings. The number of nitrogens with one attached hydrogen (secondary N) is 1. The molecular weight excluding hydrogens is 272 g/mol. The Kier molecular flexibility index (Phi) is 3.92. The quantitative estimate of drug-likeness (QED) is 0.856. The molecule has 106 valence electrons. The molecule has 0 radical (unpaired) electrons. The van der Waals surface area contributed by atoms with Gasteiger partial charge in [0.15, 0.2) is 0 Å². The standard InChI is InChI=1S/C14H12F4N2/c1-9-2-4-11(19-7-9)8-20-13-6-10(14(16,17)18)3-5-12(13)15/h2-7,20H,8H2,1H3. The van der Waals surface area contributed by atoms with Crippen LogP contribution in [0.4, 0.5) is 23.2 Å². The first-order valence-electron chi connectivity index (χ1n) is 5.88. The molecular formula is C14H12F4N2. The summed E-state index contributed by atoms with van der Waals surface area (Å²) in [5.74, 6) is -0.731. The highest BCUT2D eigenvalue weighted by atomic mass is 19.4. The van der Waals surface area contributed by atoms with Gasteiger partial charge in [0.1, 0.15) is 5.82 Å². The average Bonchev–Trinajstić information content (AvgIpc) is 2.38. The van der Waals surface area contributed by atoms with E-state index in [1.54, 1.807) is 12.3 Å². The number of aryl methyl sites for hydroxylation is 1. The van der Waals surface area contributed by atoms with Crippen LogP contribution in [0.25, 0.3) is 0 Å². The van der Waals surface area contributed by atoms with E-state index in [9.17, 15) is 17.6 Å². The molecule has 0 spiro atoms. The van der Waals surface area contributed by atoms with Gasteiger partial charge in [-0.05, 0) is 36.8 Å². The Labute approximate surface area is 113 Å². The minimum atomic E-state index is -4.49. The summed E-state index contributed by atoms with van der Waals surface area (Å²) in [4.78, 5) is 4.09. The first-order valence-corrected chi connectivity index (χ1v) is 5.88. The molecule has 2 rings (SSSR count). The molecule has 0 amide bonds. The summed E-state index contributed by atoms with van der Waals surface area (Å²) in [6, 6.07) is 5.82. The molecule has 0 saturated heterocycles. The van der Waals surface area contributed by atoms with E-state index < -0.39 is 17.6 Å². The molecule has 0 saturated carbocycles. The number of hydrogen-bond acceptors (Lipinski definition) is 2. The number of pyridine rings is 1. The first kappa shape index (κ1) is 14.3. The number of nitrogens with zero attached hydrogens (tertiary/aromatic N) is 1. The zero-order chi connectivity index (χ0) is 14.8. The van der Waals surface area contributed by atoms with E-state index in [1.165, 1.54) is 0 Å². The Hall–Kier alpha value is -2.11. The van der Waals surface area contributed by atoms with Crippen molar-refractivity contribution in [3.05, 3.63) is 59.2 Å². The molecule has 1 N–H and O–H groups in total. The molecule has 0 fully saturated rings. The van der Waals surface area contributed by atoms with E-state index in [4.69, 9.17) is 0 Å². The molecule has 20 heavy (non-hydrogen) atoms. The van der Waals surface area contributed by atoms with Gasteiger partial charge in [0.05, 0.1) is 23.5 Å². The maximum absolute atomic E-state index is 13.5. The van der Waals surface area contributed by atoms with Crippen molar-refractivity contribution >= 4 is 5.69 Å². The highest BCUT2D eigenvalue weighted by Crippen LogP contribution is 2.31. The predicted octanol–water partition coefficient (Wildman–Crippen LogP) is 4.16. The third-order valence-corrected chi connectivity index (χ3v) is 2.73. The van der Waals surface area contributed by atoms with Crippen LogP contribution in [0.1, 0.15) is 16.8 Å². The lowest BCUT2D eigenvalue weighted by Crippen LogP contribution is -2.08. The second-order valence-corrected chi connectivity index (χ2v) is 4.37. The maximum atomic E-state index is 13.5. The zero-order valence-corrected chi connectivity index (χ0v) is 10.6. The van der Waals surface area contributed by atoms with Crippen molar-refractivity contribution in [2.24, 2.45) is 0 Å². The van der Waals surface area contributed by atoms with Crippen LogP contribution in [0.2, 0.25) is 0 Å². The first-order chi connectivity index (χ1) is 9.36. The number of alkyl halides is 3. The zero-order valence-electron chi connectivity index (χ0n) is 10.6. The van der Waals surface area contributed by atoms with Crippen LogP contribution < -0.4 is 5.32 Å². The lowest BCUT2D eigenvalue weighted by Gasteiger charge is -2.11. The smallest absolute Gasteiger partial charge is 0.377 e. The van der Waals surface area contributed by atoms with Crippen LogP contribution in [0.5, 0.6) is 0 Å². The second kappa shape index (κ2) is 5.48. The summed E-state index contributed by atoms with van der Waals surface area (Å²) < 4.78 is 51.1. The van der Waals surface area contributed by atoms with Gasteiger partial charge < -0.3 is 5.32 Å². The molecule has 6 heteroatoms. The minimum absolute atomic E-state index is 0.151. The molecule has 2 nitrogen and oxygen atoms in total. The van der Waals surface area contributed by atoms with Gasteiger partial charge in [-0.1, -0.05) is 6.07 Å². The SMILES string of the molecule is Cc1ccc(CNc2cc(C(F)(F)F)ccc2F)nc1. The topological polar surface area (TPSA) is 24.9 Å². The fourth-order valence-electron chi connectivity index (χ4n) is 1.63. The van der Waals surface area contributed by atoms with Crippen molar-refractivity contribution in [2.75, 3.05) is 5.32 Å². The third-order valence-electron chi connectivity index (χ3n) is 2.73. The van der Waals surface area contributed by atoms with Gasteiger partial charge >= 0.3 is 6.18 Å². The molecule has 0 atom stereocenters.